The first kappa shape index (κ1) is 12.3. The van der Waals surface area contributed by atoms with Gasteiger partial charge in [-0.1, -0.05) is 43.3 Å². The molecule has 2 rings (SSSR count). The summed E-state index contributed by atoms with van der Waals surface area (Å²) in [5.74, 6) is 0.0227. The van der Waals surface area contributed by atoms with Gasteiger partial charge in [0.2, 0.25) is 5.91 Å². The van der Waals surface area contributed by atoms with Gasteiger partial charge >= 0.3 is 0 Å². The SMILES string of the molecule is CCC(=O)NC(c1ccccc1)c1ccccn1. The van der Waals surface area contributed by atoms with Crippen LogP contribution in [-0.4, -0.2) is 10.9 Å². The zero-order valence-corrected chi connectivity index (χ0v) is 10.3. The van der Waals surface area contributed by atoms with Gasteiger partial charge in [-0.25, -0.2) is 0 Å². The predicted molar refractivity (Wildman–Crippen MR) is 71.0 cm³/mol. The van der Waals surface area contributed by atoms with Crippen molar-refractivity contribution >= 4 is 5.91 Å². The van der Waals surface area contributed by atoms with E-state index in [1.165, 1.54) is 0 Å². The van der Waals surface area contributed by atoms with Crippen LogP contribution >= 0.6 is 0 Å². The molecule has 2 aromatic rings. The van der Waals surface area contributed by atoms with Crippen LogP contribution in [0.2, 0.25) is 0 Å². The van der Waals surface area contributed by atoms with E-state index in [1.54, 1.807) is 6.20 Å². The Kier molecular flexibility index (Phi) is 4.07. The molecule has 0 fully saturated rings. The number of rotatable bonds is 4. The summed E-state index contributed by atoms with van der Waals surface area (Å²) in [4.78, 5) is 16.0. The van der Waals surface area contributed by atoms with Gasteiger partial charge in [-0.05, 0) is 17.7 Å². The van der Waals surface area contributed by atoms with E-state index >= 15 is 0 Å². The molecule has 1 heterocycles. The maximum absolute atomic E-state index is 11.6. The second-order valence-corrected chi connectivity index (χ2v) is 4.02. The van der Waals surface area contributed by atoms with Crippen LogP contribution < -0.4 is 5.32 Å². The molecule has 0 bridgehead atoms. The average molecular weight is 240 g/mol. The number of nitrogens with zero attached hydrogens (tertiary/aromatic N) is 1. The molecule has 0 saturated carbocycles. The number of aromatic nitrogens is 1. The Balaban J connectivity index is 2.32. The lowest BCUT2D eigenvalue weighted by Crippen LogP contribution is -2.29. The van der Waals surface area contributed by atoms with Crippen molar-refractivity contribution < 1.29 is 4.79 Å². The van der Waals surface area contributed by atoms with Gasteiger partial charge in [-0.2, -0.15) is 0 Å². The first-order valence-electron chi connectivity index (χ1n) is 6.06. The highest BCUT2D eigenvalue weighted by atomic mass is 16.1. The van der Waals surface area contributed by atoms with E-state index in [1.807, 2.05) is 55.5 Å². The van der Waals surface area contributed by atoms with E-state index < -0.39 is 0 Å². The third-order valence-corrected chi connectivity index (χ3v) is 2.74. The summed E-state index contributed by atoms with van der Waals surface area (Å²) in [5, 5.41) is 3.00. The van der Waals surface area contributed by atoms with E-state index in [0.717, 1.165) is 11.3 Å². The second kappa shape index (κ2) is 5.96. The summed E-state index contributed by atoms with van der Waals surface area (Å²) in [6.45, 7) is 1.84. The van der Waals surface area contributed by atoms with Crippen molar-refractivity contribution in [1.29, 1.82) is 0 Å². The highest BCUT2D eigenvalue weighted by Crippen LogP contribution is 2.19. The topological polar surface area (TPSA) is 42.0 Å². The molecule has 0 saturated heterocycles. The summed E-state index contributed by atoms with van der Waals surface area (Å²) < 4.78 is 0. The standard InChI is InChI=1S/C15H16N2O/c1-2-14(18)17-15(12-8-4-3-5-9-12)13-10-6-7-11-16-13/h3-11,15H,2H2,1H3,(H,17,18). The Labute approximate surface area is 107 Å². The summed E-state index contributed by atoms with van der Waals surface area (Å²) in [5.41, 5.74) is 1.89. The molecular formula is C15H16N2O. The largest absolute Gasteiger partial charge is 0.344 e. The van der Waals surface area contributed by atoms with Crippen molar-refractivity contribution in [2.45, 2.75) is 19.4 Å². The van der Waals surface area contributed by atoms with Crippen LogP contribution in [0.15, 0.2) is 54.7 Å². The highest BCUT2D eigenvalue weighted by Gasteiger charge is 2.16. The molecule has 92 valence electrons. The number of pyridine rings is 1. The van der Waals surface area contributed by atoms with Crippen LogP contribution in [0.3, 0.4) is 0 Å². The van der Waals surface area contributed by atoms with Crippen LogP contribution in [0.5, 0.6) is 0 Å². The van der Waals surface area contributed by atoms with Crippen LogP contribution in [0.4, 0.5) is 0 Å². The normalized spacial score (nSPS) is 11.8. The van der Waals surface area contributed by atoms with Crippen LogP contribution in [0.25, 0.3) is 0 Å². The quantitative estimate of drug-likeness (QED) is 0.892. The molecule has 1 atom stereocenters. The summed E-state index contributed by atoms with van der Waals surface area (Å²) in [7, 11) is 0. The van der Waals surface area contributed by atoms with E-state index in [9.17, 15) is 4.79 Å². The first-order chi connectivity index (χ1) is 8.81. The third kappa shape index (κ3) is 2.94. The average Bonchev–Trinajstić information content (AvgIpc) is 2.46. The lowest BCUT2D eigenvalue weighted by molar-refractivity contribution is -0.121. The number of hydrogen-bond donors (Lipinski definition) is 1. The summed E-state index contributed by atoms with van der Waals surface area (Å²) in [6.07, 6.45) is 2.21. The van der Waals surface area contributed by atoms with Crippen molar-refractivity contribution in [1.82, 2.24) is 10.3 Å². The fraction of sp³-hybridized carbons (Fsp3) is 0.200. The molecule has 0 radical (unpaired) electrons. The molecule has 3 nitrogen and oxygen atoms in total. The van der Waals surface area contributed by atoms with Crippen molar-refractivity contribution in [3.05, 3.63) is 66.0 Å². The summed E-state index contributed by atoms with van der Waals surface area (Å²) >= 11 is 0. The van der Waals surface area contributed by atoms with Gasteiger partial charge < -0.3 is 5.32 Å². The zero-order valence-electron chi connectivity index (χ0n) is 10.3. The Morgan fingerprint density at radius 1 is 1.17 bits per heavy atom. The third-order valence-electron chi connectivity index (χ3n) is 2.74. The van der Waals surface area contributed by atoms with E-state index in [0.29, 0.717) is 6.42 Å². The van der Waals surface area contributed by atoms with E-state index in [2.05, 4.69) is 10.3 Å². The summed E-state index contributed by atoms with van der Waals surface area (Å²) in [6, 6.07) is 15.4. The number of carbonyl (C=O) groups excluding carboxylic acids is 1. The number of benzene rings is 1. The number of amides is 1. The number of carbonyl (C=O) groups is 1. The second-order valence-electron chi connectivity index (χ2n) is 4.02. The Morgan fingerprint density at radius 2 is 1.89 bits per heavy atom. The van der Waals surface area contributed by atoms with E-state index in [4.69, 9.17) is 0 Å². The lowest BCUT2D eigenvalue weighted by atomic mass is 10.0. The first-order valence-corrected chi connectivity index (χ1v) is 6.06. The molecule has 3 heteroatoms. The molecule has 0 aliphatic heterocycles. The van der Waals surface area contributed by atoms with Gasteiger partial charge in [0.05, 0.1) is 11.7 Å². The predicted octanol–water partition coefficient (Wildman–Crippen LogP) is 2.70. The minimum atomic E-state index is -0.181. The zero-order chi connectivity index (χ0) is 12.8. The monoisotopic (exact) mass is 240 g/mol. The molecule has 0 aliphatic rings. The van der Waals surface area contributed by atoms with Crippen LogP contribution in [-0.2, 0) is 4.79 Å². The van der Waals surface area contributed by atoms with Gasteiger partial charge in [0.1, 0.15) is 0 Å². The molecule has 1 unspecified atom stereocenters. The Hall–Kier alpha value is -2.16. The molecular weight excluding hydrogens is 224 g/mol. The smallest absolute Gasteiger partial charge is 0.220 e. The minimum absolute atomic E-state index is 0.0227. The molecule has 1 amide bonds. The minimum Gasteiger partial charge on any atom is -0.344 e. The molecule has 1 N–H and O–H groups in total. The molecule has 0 spiro atoms. The van der Waals surface area contributed by atoms with Crippen molar-refractivity contribution in [3.63, 3.8) is 0 Å². The van der Waals surface area contributed by atoms with Crippen LogP contribution in [0, 0.1) is 0 Å². The van der Waals surface area contributed by atoms with Gasteiger partial charge in [0, 0.05) is 12.6 Å². The maximum Gasteiger partial charge on any atom is 0.220 e. The van der Waals surface area contributed by atoms with Gasteiger partial charge in [0.25, 0.3) is 0 Å². The Morgan fingerprint density at radius 3 is 2.50 bits per heavy atom. The van der Waals surface area contributed by atoms with Crippen LogP contribution in [0.1, 0.15) is 30.6 Å². The number of hydrogen-bond acceptors (Lipinski definition) is 2. The fourth-order valence-electron chi connectivity index (χ4n) is 1.78. The molecule has 0 aliphatic carbocycles. The fourth-order valence-corrected chi connectivity index (χ4v) is 1.78. The molecule has 18 heavy (non-hydrogen) atoms. The van der Waals surface area contributed by atoms with E-state index in [-0.39, 0.29) is 11.9 Å². The maximum atomic E-state index is 11.6. The van der Waals surface area contributed by atoms with Crippen molar-refractivity contribution in [2.75, 3.05) is 0 Å². The Bertz CT molecular complexity index is 457. The number of nitrogens with one attached hydrogen (secondary N) is 1. The van der Waals surface area contributed by atoms with Crippen molar-refractivity contribution in [3.8, 4) is 0 Å². The molecule has 1 aromatic heterocycles. The van der Waals surface area contributed by atoms with Gasteiger partial charge in [-0.3, -0.25) is 9.78 Å². The van der Waals surface area contributed by atoms with Gasteiger partial charge in [0.15, 0.2) is 0 Å². The van der Waals surface area contributed by atoms with Crippen molar-refractivity contribution in [2.24, 2.45) is 0 Å². The lowest BCUT2D eigenvalue weighted by Gasteiger charge is -2.18. The van der Waals surface area contributed by atoms with Gasteiger partial charge in [-0.15, -0.1) is 0 Å². The highest BCUT2D eigenvalue weighted by molar-refractivity contribution is 5.76. The molecule has 1 aromatic carbocycles.